The highest BCUT2D eigenvalue weighted by Gasteiger charge is 2.56. The maximum atomic E-state index is 13.0. The smallest absolute Gasteiger partial charge is 0.327 e. The predicted octanol–water partition coefficient (Wildman–Crippen LogP) is 6.64. The van der Waals surface area contributed by atoms with Gasteiger partial charge in [0.25, 0.3) is 22.8 Å². The van der Waals surface area contributed by atoms with Gasteiger partial charge in [0.05, 0.1) is 14.8 Å². The molecule has 5 rings (SSSR count). The zero-order valence-electron chi connectivity index (χ0n) is 28.0. The Morgan fingerprint density at radius 2 is 0.941 bits per heavy atom. The fraction of sp³-hybridized carbons (Fsp3) is 0.324. The van der Waals surface area contributed by atoms with E-state index in [4.69, 9.17) is 30.5 Å². The Morgan fingerprint density at radius 1 is 0.608 bits per heavy atom. The van der Waals surface area contributed by atoms with Crippen molar-refractivity contribution in [1.82, 2.24) is 0 Å². The summed E-state index contributed by atoms with van der Waals surface area (Å²) in [6.07, 6.45) is -0.0606. The Balaban J connectivity index is 0.000000271. The number of esters is 3. The van der Waals surface area contributed by atoms with Crippen molar-refractivity contribution in [3.05, 3.63) is 132 Å². The molecular weight excluding hydrogens is 694 g/mol. The van der Waals surface area contributed by atoms with Gasteiger partial charge >= 0.3 is 17.9 Å². The fourth-order valence-corrected chi connectivity index (χ4v) is 5.03. The van der Waals surface area contributed by atoms with Gasteiger partial charge in [0.15, 0.2) is 5.41 Å². The lowest BCUT2D eigenvalue weighted by Gasteiger charge is -2.40. The van der Waals surface area contributed by atoms with Gasteiger partial charge in [-0.15, -0.1) is 11.6 Å². The van der Waals surface area contributed by atoms with Crippen molar-refractivity contribution in [1.29, 1.82) is 0 Å². The van der Waals surface area contributed by atoms with Gasteiger partial charge in [0, 0.05) is 70.0 Å². The molecule has 0 saturated carbocycles. The third kappa shape index (κ3) is 11.1. The third-order valence-electron chi connectivity index (χ3n) is 7.16. The SMILES string of the molecule is C=C1CC(=O)OC(C)(C)O1.CC1(C)OC(=O)C(Cc2ccc([N+](=O)[O-])cc2)(Cc2ccc([N+](=O)[O-])cc2)C(=O)O1.O=[N+]([O-])c1ccc(CCl)cc1. The van der Waals surface area contributed by atoms with Crippen molar-refractivity contribution in [3.8, 4) is 0 Å². The number of halogens is 1. The Labute approximate surface area is 296 Å². The quantitative estimate of drug-likeness (QED) is 0.0782. The number of benzene rings is 3. The second-order valence-corrected chi connectivity index (χ2v) is 12.5. The average Bonchev–Trinajstić information content (AvgIpc) is 3.03. The molecule has 16 nitrogen and oxygen atoms in total. The number of hydrogen-bond donors (Lipinski definition) is 0. The van der Waals surface area contributed by atoms with Crippen LogP contribution >= 0.6 is 11.6 Å². The summed E-state index contributed by atoms with van der Waals surface area (Å²) < 4.78 is 20.6. The van der Waals surface area contributed by atoms with E-state index in [0.29, 0.717) is 22.8 Å². The monoisotopic (exact) mass is 727 g/mol. The van der Waals surface area contributed by atoms with Gasteiger partial charge in [0.2, 0.25) is 5.79 Å². The van der Waals surface area contributed by atoms with Gasteiger partial charge < -0.3 is 18.9 Å². The first-order valence-corrected chi connectivity index (χ1v) is 15.6. The molecule has 2 saturated heterocycles. The molecular formula is C34H34ClN3O13. The van der Waals surface area contributed by atoms with Crippen LogP contribution in [0.2, 0.25) is 0 Å². The minimum atomic E-state index is -1.73. The van der Waals surface area contributed by atoms with Crippen molar-refractivity contribution in [2.24, 2.45) is 5.41 Å². The van der Waals surface area contributed by atoms with Crippen LogP contribution in [-0.4, -0.2) is 44.3 Å². The minimum absolute atomic E-state index is 0.0962. The Kier molecular flexibility index (Phi) is 12.6. The number of alkyl halides is 1. The number of hydrogen-bond acceptors (Lipinski definition) is 13. The maximum Gasteiger partial charge on any atom is 0.327 e. The molecule has 2 fully saturated rings. The minimum Gasteiger partial charge on any atom is -0.457 e. The number of nitrogens with zero attached hydrogens (tertiary/aromatic N) is 3. The summed E-state index contributed by atoms with van der Waals surface area (Å²) in [7, 11) is 0. The number of nitro groups is 3. The van der Waals surface area contributed by atoms with E-state index < -0.39 is 43.7 Å². The van der Waals surface area contributed by atoms with E-state index in [1.54, 1.807) is 26.0 Å². The highest BCUT2D eigenvalue weighted by Crippen LogP contribution is 2.39. The molecule has 3 aromatic carbocycles. The summed E-state index contributed by atoms with van der Waals surface area (Å²) in [6, 6.07) is 17.1. The topological polar surface area (TPSA) is 218 Å². The predicted molar refractivity (Wildman–Crippen MR) is 180 cm³/mol. The third-order valence-corrected chi connectivity index (χ3v) is 7.47. The van der Waals surface area contributed by atoms with Crippen LogP contribution in [0.15, 0.2) is 85.1 Å². The summed E-state index contributed by atoms with van der Waals surface area (Å²) in [5.74, 6) is -3.25. The Morgan fingerprint density at radius 3 is 1.24 bits per heavy atom. The van der Waals surface area contributed by atoms with Crippen LogP contribution < -0.4 is 0 Å². The van der Waals surface area contributed by atoms with E-state index in [-0.39, 0.29) is 42.3 Å². The number of carbonyl (C=O) groups is 3. The van der Waals surface area contributed by atoms with E-state index in [1.165, 1.54) is 74.5 Å². The fourth-order valence-electron chi connectivity index (χ4n) is 4.85. The van der Waals surface area contributed by atoms with Crippen LogP contribution in [-0.2, 0) is 52.1 Å². The number of carbonyl (C=O) groups excluding carboxylic acids is 3. The van der Waals surface area contributed by atoms with Crippen molar-refractivity contribution >= 4 is 46.6 Å². The van der Waals surface area contributed by atoms with Crippen LogP contribution in [0.5, 0.6) is 0 Å². The highest BCUT2D eigenvalue weighted by molar-refractivity contribution is 6.17. The molecule has 0 spiro atoms. The molecule has 0 aromatic heterocycles. The molecule has 2 heterocycles. The average molecular weight is 728 g/mol. The lowest BCUT2D eigenvalue weighted by atomic mass is 9.75. The summed E-state index contributed by atoms with van der Waals surface area (Å²) in [5, 5.41) is 31.9. The second kappa shape index (κ2) is 16.2. The molecule has 0 unspecified atom stereocenters. The summed E-state index contributed by atoms with van der Waals surface area (Å²) >= 11 is 5.49. The Hall–Kier alpha value is -5.90. The maximum absolute atomic E-state index is 13.0. The van der Waals surface area contributed by atoms with Gasteiger partial charge in [-0.05, 0) is 29.5 Å². The highest BCUT2D eigenvalue weighted by atomic mass is 35.5. The molecule has 270 valence electrons. The summed E-state index contributed by atoms with van der Waals surface area (Å²) in [4.78, 5) is 67.0. The molecule has 51 heavy (non-hydrogen) atoms. The normalized spacial score (nSPS) is 16.6. The van der Waals surface area contributed by atoms with Crippen LogP contribution in [0.1, 0.15) is 50.8 Å². The van der Waals surface area contributed by atoms with Crippen LogP contribution in [0, 0.1) is 35.8 Å². The molecule has 0 N–H and O–H groups in total. The number of non-ortho nitro benzene ring substituents is 3. The van der Waals surface area contributed by atoms with E-state index in [2.05, 4.69) is 6.58 Å². The van der Waals surface area contributed by atoms with Crippen molar-refractivity contribution in [2.75, 3.05) is 0 Å². The van der Waals surface area contributed by atoms with E-state index in [1.807, 2.05) is 0 Å². The summed E-state index contributed by atoms with van der Waals surface area (Å²) in [5.41, 5.74) is -0.0125. The molecule has 2 aliphatic heterocycles. The van der Waals surface area contributed by atoms with Crippen LogP contribution in [0.4, 0.5) is 17.1 Å². The molecule has 0 bridgehead atoms. The zero-order chi connectivity index (χ0) is 38.1. The lowest BCUT2D eigenvalue weighted by Crippen LogP contribution is -2.56. The summed E-state index contributed by atoms with van der Waals surface area (Å²) in [6.45, 7) is 9.76. The molecule has 0 radical (unpaired) electrons. The van der Waals surface area contributed by atoms with Crippen LogP contribution in [0.25, 0.3) is 0 Å². The first kappa shape index (κ1) is 39.5. The second-order valence-electron chi connectivity index (χ2n) is 12.2. The molecule has 0 aliphatic carbocycles. The van der Waals surface area contributed by atoms with Gasteiger partial charge in [-0.3, -0.25) is 44.7 Å². The largest absolute Gasteiger partial charge is 0.457 e. The van der Waals surface area contributed by atoms with E-state index in [0.717, 1.165) is 5.56 Å². The molecule has 17 heteroatoms. The number of ether oxygens (including phenoxy) is 4. The molecule has 2 aliphatic rings. The van der Waals surface area contributed by atoms with Gasteiger partial charge in [-0.1, -0.05) is 43.0 Å². The number of rotatable bonds is 8. The van der Waals surface area contributed by atoms with Gasteiger partial charge in [-0.25, -0.2) is 0 Å². The number of cyclic esters (lactones) is 3. The Bertz CT molecular complexity index is 1710. The molecule has 3 aromatic rings. The van der Waals surface area contributed by atoms with Gasteiger partial charge in [0.1, 0.15) is 12.2 Å². The number of nitro benzene ring substituents is 3. The van der Waals surface area contributed by atoms with E-state index in [9.17, 15) is 44.7 Å². The van der Waals surface area contributed by atoms with Gasteiger partial charge in [-0.2, -0.15) is 0 Å². The van der Waals surface area contributed by atoms with E-state index >= 15 is 0 Å². The molecule has 0 atom stereocenters. The van der Waals surface area contributed by atoms with Crippen molar-refractivity contribution in [3.63, 3.8) is 0 Å². The van der Waals surface area contributed by atoms with Crippen LogP contribution in [0.3, 0.4) is 0 Å². The zero-order valence-corrected chi connectivity index (χ0v) is 28.7. The first-order valence-electron chi connectivity index (χ1n) is 15.1. The van der Waals surface area contributed by atoms with Crippen molar-refractivity contribution in [2.45, 2.75) is 64.4 Å². The lowest BCUT2D eigenvalue weighted by molar-refractivity contribution is -0.385. The molecule has 0 amide bonds. The standard InChI is InChI=1S/C20H18N2O8.C7H6ClNO2.C7H10O3/c1-19(2)29-17(23)20(18(24)30-19,11-13-3-7-15(8-4-13)21(25)26)12-14-5-9-16(10-6-14)22(27)28;8-5-6-1-3-7(4-2-6)9(10)11;1-5-4-6(8)10-7(2,3)9-5/h3-10H,11-12H2,1-2H3;1-4H,5H2;1,4H2,2-3H3. The van der Waals surface area contributed by atoms with Crippen molar-refractivity contribution < 1.29 is 48.1 Å². The first-order chi connectivity index (χ1) is 23.8.